The Kier molecular flexibility index (Phi) is 2.55. The number of aryl methyl sites for hydroxylation is 1. The van der Waals surface area contributed by atoms with Gasteiger partial charge in [0.25, 0.3) is 0 Å². The molecule has 0 aliphatic heterocycles. The summed E-state index contributed by atoms with van der Waals surface area (Å²) in [5.74, 6) is 0. The number of hydrogen-bond donors (Lipinski definition) is 0. The number of thiophene rings is 1. The van der Waals surface area contributed by atoms with Crippen LogP contribution in [0.5, 0.6) is 0 Å². The number of hydrogen-bond acceptors (Lipinski definition) is 2. The van der Waals surface area contributed by atoms with E-state index in [1.165, 1.54) is 10.6 Å². The quantitative estimate of drug-likeness (QED) is 0.658. The Bertz CT molecular complexity index is 227. The third kappa shape index (κ3) is 1.74. The van der Waals surface area contributed by atoms with Crippen molar-refractivity contribution in [3.63, 3.8) is 0 Å². The van der Waals surface area contributed by atoms with Crippen LogP contribution < -0.4 is 4.90 Å². The van der Waals surface area contributed by atoms with Crippen LogP contribution in [0.3, 0.4) is 0 Å². The number of anilines is 1. The lowest BCUT2D eigenvalue weighted by Gasteiger charge is -2.22. The Balaban J connectivity index is 2.84. The van der Waals surface area contributed by atoms with Crippen LogP contribution in [0.25, 0.3) is 0 Å². The van der Waals surface area contributed by atoms with Crippen molar-refractivity contribution in [3.05, 3.63) is 17.0 Å². The molecule has 1 nitrogen and oxygen atoms in total. The molecule has 0 radical (unpaired) electrons. The van der Waals surface area contributed by atoms with Crippen LogP contribution in [0.1, 0.15) is 19.4 Å². The Labute approximate surface area is 72.7 Å². The zero-order valence-electron chi connectivity index (χ0n) is 7.59. The van der Waals surface area contributed by atoms with Gasteiger partial charge in [-0.3, -0.25) is 0 Å². The van der Waals surface area contributed by atoms with Crippen molar-refractivity contribution in [2.45, 2.75) is 26.8 Å². The van der Waals surface area contributed by atoms with Gasteiger partial charge < -0.3 is 4.90 Å². The Morgan fingerprint density at radius 3 is 2.45 bits per heavy atom. The molecule has 0 aromatic carbocycles. The van der Waals surface area contributed by atoms with Gasteiger partial charge in [-0.25, -0.2) is 0 Å². The van der Waals surface area contributed by atoms with E-state index >= 15 is 0 Å². The van der Waals surface area contributed by atoms with Gasteiger partial charge in [0.1, 0.15) is 0 Å². The topological polar surface area (TPSA) is 3.24 Å². The van der Waals surface area contributed by atoms with Crippen LogP contribution in [0.15, 0.2) is 11.4 Å². The van der Waals surface area contributed by atoms with Crippen molar-refractivity contribution in [2.75, 3.05) is 11.9 Å². The summed E-state index contributed by atoms with van der Waals surface area (Å²) in [6, 6.07) is 2.76. The first-order valence-corrected chi connectivity index (χ1v) is 4.78. The summed E-state index contributed by atoms with van der Waals surface area (Å²) in [6.07, 6.45) is 0. The fraction of sp³-hybridized carbons (Fsp3) is 0.556. The molecule has 0 N–H and O–H groups in total. The SMILES string of the molecule is Cc1ccsc1N(C)C(C)C. The standard InChI is InChI=1S/C9H15NS/c1-7(2)10(4)9-8(3)5-6-11-9/h5-7H,1-4H3. The Hall–Kier alpha value is -0.500. The zero-order chi connectivity index (χ0) is 8.43. The second kappa shape index (κ2) is 3.26. The van der Waals surface area contributed by atoms with Gasteiger partial charge in [-0.1, -0.05) is 0 Å². The first kappa shape index (κ1) is 8.60. The molecule has 11 heavy (non-hydrogen) atoms. The summed E-state index contributed by atoms with van der Waals surface area (Å²) in [5.41, 5.74) is 1.38. The normalized spacial score (nSPS) is 10.6. The minimum Gasteiger partial charge on any atom is -0.364 e. The van der Waals surface area contributed by atoms with E-state index in [1.807, 2.05) is 11.3 Å². The second-order valence-corrected chi connectivity index (χ2v) is 4.01. The lowest BCUT2D eigenvalue weighted by molar-refractivity contribution is 0.759. The molecule has 1 aromatic rings. The van der Waals surface area contributed by atoms with Gasteiger partial charge in [0.2, 0.25) is 0 Å². The monoisotopic (exact) mass is 169 g/mol. The maximum Gasteiger partial charge on any atom is 0.0937 e. The van der Waals surface area contributed by atoms with Crippen molar-refractivity contribution < 1.29 is 0 Å². The summed E-state index contributed by atoms with van der Waals surface area (Å²) in [4.78, 5) is 2.31. The van der Waals surface area contributed by atoms with Crippen molar-refractivity contribution in [3.8, 4) is 0 Å². The lowest BCUT2D eigenvalue weighted by atomic mass is 10.3. The maximum atomic E-state index is 2.31. The summed E-state index contributed by atoms with van der Waals surface area (Å²) in [6.45, 7) is 6.57. The smallest absolute Gasteiger partial charge is 0.0937 e. The van der Waals surface area contributed by atoms with Crippen LogP contribution in [-0.4, -0.2) is 13.1 Å². The number of rotatable bonds is 2. The highest BCUT2D eigenvalue weighted by atomic mass is 32.1. The molecule has 0 bridgehead atoms. The largest absolute Gasteiger partial charge is 0.364 e. The average molecular weight is 169 g/mol. The highest BCUT2D eigenvalue weighted by Crippen LogP contribution is 2.26. The van der Waals surface area contributed by atoms with Gasteiger partial charge >= 0.3 is 0 Å². The molecule has 0 aliphatic carbocycles. The molecule has 0 aliphatic rings. The molecule has 0 saturated heterocycles. The first-order valence-electron chi connectivity index (χ1n) is 3.90. The van der Waals surface area contributed by atoms with Gasteiger partial charge in [0.05, 0.1) is 5.00 Å². The van der Waals surface area contributed by atoms with Crippen LogP contribution in [-0.2, 0) is 0 Å². The molecular formula is C9H15NS. The molecule has 62 valence electrons. The fourth-order valence-corrected chi connectivity index (χ4v) is 1.99. The third-order valence-electron chi connectivity index (χ3n) is 1.93. The highest BCUT2D eigenvalue weighted by molar-refractivity contribution is 7.14. The molecule has 0 atom stereocenters. The molecule has 0 amide bonds. The van der Waals surface area contributed by atoms with Gasteiger partial charge in [0, 0.05) is 13.1 Å². The number of nitrogens with zero attached hydrogens (tertiary/aromatic N) is 1. The Morgan fingerprint density at radius 1 is 1.45 bits per heavy atom. The minimum absolute atomic E-state index is 0.590. The van der Waals surface area contributed by atoms with Gasteiger partial charge in [-0.15, -0.1) is 11.3 Å². The average Bonchev–Trinajstić information content (AvgIpc) is 2.33. The third-order valence-corrected chi connectivity index (χ3v) is 3.04. The predicted molar refractivity (Wildman–Crippen MR) is 52.6 cm³/mol. The van der Waals surface area contributed by atoms with E-state index in [2.05, 4.69) is 44.2 Å². The van der Waals surface area contributed by atoms with Gasteiger partial charge in [0.15, 0.2) is 0 Å². The molecule has 1 rings (SSSR count). The van der Waals surface area contributed by atoms with Crippen molar-refractivity contribution in [2.24, 2.45) is 0 Å². The van der Waals surface area contributed by atoms with E-state index in [-0.39, 0.29) is 0 Å². The molecule has 1 heterocycles. The van der Waals surface area contributed by atoms with Crippen molar-refractivity contribution in [1.29, 1.82) is 0 Å². The van der Waals surface area contributed by atoms with E-state index in [0.717, 1.165) is 0 Å². The summed E-state index contributed by atoms with van der Waals surface area (Å²) < 4.78 is 0. The second-order valence-electron chi connectivity index (χ2n) is 3.11. The van der Waals surface area contributed by atoms with Crippen LogP contribution in [0.4, 0.5) is 5.00 Å². The summed E-state index contributed by atoms with van der Waals surface area (Å²) >= 11 is 1.81. The van der Waals surface area contributed by atoms with E-state index in [0.29, 0.717) is 6.04 Å². The van der Waals surface area contributed by atoms with E-state index in [1.54, 1.807) is 0 Å². The van der Waals surface area contributed by atoms with Gasteiger partial charge in [-0.2, -0.15) is 0 Å². The van der Waals surface area contributed by atoms with Crippen LogP contribution in [0, 0.1) is 6.92 Å². The lowest BCUT2D eigenvalue weighted by Crippen LogP contribution is -2.25. The molecular weight excluding hydrogens is 154 g/mol. The highest BCUT2D eigenvalue weighted by Gasteiger charge is 2.07. The first-order chi connectivity index (χ1) is 5.13. The Morgan fingerprint density at radius 2 is 2.09 bits per heavy atom. The van der Waals surface area contributed by atoms with E-state index < -0.39 is 0 Å². The van der Waals surface area contributed by atoms with E-state index in [4.69, 9.17) is 0 Å². The minimum atomic E-state index is 0.590. The fourth-order valence-electron chi connectivity index (χ4n) is 0.961. The van der Waals surface area contributed by atoms with Crippen molar-refractivity contribution >= 4 is 16.3 Å². The summed E-state index contributed by atoms with van der Waals surface area (Å²) in [5, 5.41) is 3.53. The van der Waals surface area contributed by atoms with Crippen molar-refractivity contribution in [1.82, 2.24) is 0 Å². The van der Waals surface area contributed by atoms with Gasteiger partial charge in [-0.05, 0) is 37.8 Å². The molecule has 0 unspecified atom stereocenters. The van der Waals surface area contributed by atoms with E-state index in [9.17, 15) is 0 Å². The van der Waals surface area contributed by atoms with Crippen LogP contribution >= 0.6 is 11.3 Å². The molecule has 0 saturated carbocycles. The molecule has 0 fully saturated rings. The zero-order valence-corrected chi connectivity index (χ0v) is 8.40. The molecule has 0 spiro atoms. The molecule has 2 heteroatoms. The van der Waals surface area contributed by atoms with Crippen LogP contribution in [0.2, 0.25) is 0 Å². The maximum absolute atomic E-state index is 2.31. The molecule has 1 aromatic heterocycles. The summed E-state index contributed by atoms with van der Waals surface area (Å²) in [7, 11) is 2.14. The predicted octanol–water partition coefficient (Wildman–Crippen LogP) is 2.90.